The number of anilines is 1. The van der Waals surface area contributed by atoms with E-state index in [0.717, 1.165) is 12.8 Å². The highest BCUT2D eigenvalue weighted by atomic mass is 19.1. The van der Waals surface area contributed by atoms with E-state index in [1.54, 1.807) is 0 Å². The van der Waals surface area contributed by atoms with Crippen LogP contribution in [0.3, 0.4) is 0 Å². The van der Waals surface area contributed by atoms with Gasteiger partial charge in [-0.25, -0.2) is 8.78 Å². The number of hydrogen-bond acceptors (Lipinski definition) is 4. The SMILES string of the molecule is CC1CCC(CNc2c(F)cc(F)cc2[N+](=O)[O-])O1. The number of nitro benzene ring substituents is 1. The Morgan fingerprint density at radius 2 is 2.21 bits per heavy atom. The van der Waals surface area contributed by atoms with Gasteiger partial charge in [-0.3, -0.25) is 10.1 Å². The van der Waals surface area contributed by atoms with Crippen LogP contribution in [-0.2, 0) is 4.74 Å². The highest BCUT2D eigenvalue weighted by molar-refractivity contribution is 5.62. The Morgan fingerprint density at radius 1 is 1.47 bits per heavy atom. The molecule has 5 nitrogen and oxygen atoms in total. The fourth-order valence-corrected chi connectivity index (χ4v) is 2.13. The summed E-state index contributed by atoms with van der Waals surface area (Å²) in [5, 5.41) is 13.4. The van der Waals surface area contributed by atoms with Gasteiger partial charge in [0, 0.05) is 12.6 Å². The first-order chi connectivity index (χ1) is 8.97. The van der Waals surface area contributed by atoms with Crippen LogP contribution in [0.5, 0.6) is 0 Å². The van der Waals surface area contributed by atoms with Crippen molar-refractivity contribution in [3.8, 4) is 0 Å². The average Bonchev–Trinajstić information content (AvgIpc) is 2.73. The van der Waals surface area contributed by atoms with E-state index < -0.39 is 22.2 Å². The number of nitrogens with one attached hydrogen (secondary N) is 1. The Balaban J connectivity index is 2.13. The van der Waals surface area contributed by atoms with Crippen LogP contribution in [-0.4, -0.2) is 23.7 Å². The maximum Gasteiger partial charge on any atom is 0.298 e. The van der Waals surface area contributed by atoms with Gasteiger partial charge in [0.1, 0.15) is 11.5 Å². The van der Waals surface area contributed by atoms with Crippen LogP contribution in [0, 0.1) is 21.7 Å². The van der Waals surface area contributed by atoms with E-state index in [1.165, 1.54) is 0 Å². The van der Waals surface area contributed by atoms with E-state index in [2.05, 4.69) is 5.32 Å². The van der Waals surface area contributed by atoms with E-state index in [4.69, 9.17) is 4.74 Å². The van der Waals surface area contributed by atoms with Crippen molar-refractivity contribution in [3.63, 3.8) is 0 Å². The van der Waals surface area contributed by atoms with Gasteiger partial charge in [0.05, 0.1) is 23.2 Å². The molecule has 1 saturated heterocycles. The molecule has 0 aliphatic carbocycles. The van der Waals surface area contributed by atoms with E-state index >= 15 is 0 Å². The Morgan fingerprint density at radius 3 is 2.79 bits per heavy atom. The molecule has 1 N–H and O–H groups in total. The van der Waals surface area contributed by atoms with Crippen LogP contribution >= 0.6 is 0 Å². The number of hydrogen-bond donors (Lipinski definition) is 1. The minimum Gasteiger partial charge on any atom is -0.374 e. The normalized spacial score (nSPS) is 22.5. The second-order valence-electron chi connectivity index (χ2n) is 4.57. The highest BCUT2D eigenvalue weighted by Crippen LogP contribution is 2.29. The lowest BCUT2D eigenvalue weighted by Crippen LogP contribution is -2.20. The molecular weight excluding hydrogens is 258 g/mol. The van der Waals surface area contributed by atoms with Crippen LogP contribution in [0.1, 0.15) is 19.8 Å². The van der Waals surface area contributed by atoms with Crippen LogP contribution in [0.25, 0.3) is 0 Å². The average molecular weight is 272 g/mol. The lowest BCUT2D eigenvalue weighted by atomic mass is 10.2. The fourth-order valence-electron chi connectivity index (χ4n) is 2.13. The Bertz CT molecular complexity index is 496. The second-order valence-corrected chi connectivity index (χ2v) is 4.57. The maximum atomic E-state index is 13.6. The lowest BCUT2D eigenvalue weighted by molar-refractivity contribution is -0.384. The first-order valence-electron chi connectivity index (χ1n) is 6.00. The Hall–Kier alpha value is -1.76. The summed E-state index contributed by atoms with van der Waals surface area (Å²) < 4.78 is 32.1. The number of benzene rings is 1. The monoisotopic (exact) mass is 272 g/mol. The molecule has 0 aromatic heterocycles. The molecule has 2 rings (SSSR count). The number of nitro groups is 1. The molecule has 1 aliphatic rings. The van der Waals surface area contributed by atoms with Crippen molar-refractivity contribution in [1.29, 1.82) is 0 Å². The smallest absolute Gasteiger partial charge is 0.298 e. The van der Waals surface area contributed by atoms with Gasteiger partial charge in [-0.2, -0.15) is 0 Å². The topological polar surface area (TPSA) is 64.4 Å². The molecule has 0 saturated carbocycles. The summed E-state index contributed by atoms with van der Waals surface area (Å²) in [4.78, 5) is 9.96. The fraction of sp³-hybridized carbons (Fsp3) is 0.500. The third-order valence-electron chi connectivity index (χ3n) is 3.06. The Kier molecular flexibility index (Phi) is 3.94. The molecule has 104 valence electrons. The molecular formula is C12H14F2N2O3. The van der Waals surface area contributed by atoms with Crippen LogP contribution in [0.2, 0.25) is 0 Å². The van der Waals surface area contributed by atoms with Crippen molar-refractivity contribution < 1.29 is 18.4 Å². The van der Waals surface area contributed by atoms with Gasteiger partial charge < -0.3 is 10.1 Å². The van der Waals surface area contributed by atoms with Crippen LogP contribution in [0.15, 0.2) is 12.1 Å². The summed E-state index contributed by atoms with van der Waals surface area (Å²) in [7, 11) is 0. The molecule has 7 heteroatoms. The van der Waals surface area contributed by atoms with Crippen molar-refractivity contribution in [1.82, 2.24) is 0 Å². The van der Waals surface area contributed by atoms with Crippen molar-refractivity contribution >= 4 is 11.4 Å². The number of ether oxygens (including phenoxy) is 1. The molecule has 0 amide bonds. The van der Waals surface area contributed by atoms with E-state index in [9.17, 15) is 18.9 Å². The standard InChI is InChI=1S/C12H14F2N2O3/c1-7-2-3-9(19-7)6-15-12-10(14)4-8(13)5-11(12)16(17)18/h4-5,7,9,15H,2-3,6H2,1H3. The quantitative estimate of drug-likeness (QED) is 0.676. The summed E-state index contributed by atoms with van der Waals surface area (Å²) >= 11 is 0. The van der Waals surface area contributed by atoms with Crippen LogP contribution in [0.4, 0.5) is 20.2 Å². The maximum absolute atomic E-state index is 13.6. The second kappa shape index (κ2) is 5.48. The zero-order valence-electron chi connectivity index (χ0n) is 10.4. The van der Waals surface area contributed by atoms with Gasteiger partial charge >= 0.3 is 0 Å². The van der Waals surface area contributed by atoms with Gasteiger partial charge in [0.25, 0.3) is 5.69 Å². The predicted octanol–water partition coefficient (Wildman–Crippen LogP) is 2.85. The lowest BCUT2D eigenvalue weighted by Gasteiger charge is -2.13. The molecule has 1 fully saturated rings. The van der Waals surface area contributed by atoms with E-state index in [1.807, 2.05) is 6.92 Å². The minimum atomic E-state index is -0.974. The molecule has 1 aromatic rings. The van der Waals surface area contributed by atoms with Crippen molar-refractivity contribution in [2.45, 2.75) is 32.0 Å². The van der Waals surface area contributed by atoms with E-state index in [-0.39, 0.29) is 24.4 Å². The first-order valence-corrected chi connectivity index (χ1v) is 6.00. The third-order valence-corrected chi connectivity index (χ3v) is 3.06. The highest BCUT2D eigenvalue weighted by Gasteiger charge is 2.25. The number of halogens is 2. The molecule has 0 bridgehead atoms. The summed E-state index contributed by atoms with van der Waals surface area (Å²) in [6.45, 7) is 2.19. The first kappa shape index (κ1) is 13.7. The molecule has 2 unspecified atom stereocenters. The minimum absolute atomic E-state index is 0.112. The summed E-state index contributed by atoms with van der Waals surface area (Å²) in [5.74, 6) is -1.95. The zero-order valence-corrected chi connectivity index (χ0v) is 10.4. The molecule has 2 atom stereocenters. The van der Waals surface area contributed by atoms with Crippen LogP contribution < -0.4 is 5.32 Å². The summed E-state index contributed by atoms with van der Waals surface area (Å²) in [6.07, 6.45) is 1.74. The molecule has 1 aliphatic heterocycles. The van der Waals surface area contributed by atoms with E-state index in [0.29, 0.717) is 12.1 Å². The molecule has 19 heavy (non-hydrogen) atoms. The van der Waals surface area contributed by atoms with Gasteiger partial charge in [0.15, 0.2) is 5.82 Å². The molecule has 0 spiro atoms. The largest absolute Gasteiger partial charge is 0.374 e. The summed E-state index contributed by atoms with van der Waals surface area (Å²) in [6, 6.07) is 1.32. The van der Waals surface area contributed by atoms with Crippen molar-refractivity contribution in [3.05, 3.63) is 33.9 Å². The van der Waals surface area contributed by atoms with Crippen molar-refractivity contribution in [2.75, 3.05) is 11.9 Å². The molecule has 1 aromatic carbocycles. The van der Waals surface area contributed by atoms with Gasteiger partial charge in [-0.15, -0.1) is 0 Å². The van der Waals surface area contributed by atoms with Gasteiger partial charge in [0.2, 0.25) is 0 Å². The zero-order chi connectivity index (χ0) is 14.0. The predicted molar refractivity (Wildman–Crippen MR) is 65.1 cm³/mol. The number of nitrogens with zero attached hydrogens (tertiary/aromatic N) is 1. The molecule has 0 radical (unpaired) electrons. The van der Waals surface area contributed by atoms with Gasteiger partial charge in [-0.05, 0) is 19.8 Å². The summed E-state index contributed by atoms with van der Waals surface area (Å²) in [5.41, 5.74) is -0.905. The Labute approximate surface area is 108 Å². The number of rotatable bonds is 4. The molecule has 1 heterocycles. The van der Waals surface area contributed by atoms with Gasteiger partial charge in [-0.1, -0.05) is 0 Å². The van der Waals surface area contributed by atoms with Crippen molar-refractivity contribution in [2.24, 2.45) is 0 Å². The third kappa shape index (κ3) is 3.17.